The van der Waals surface area contributed by atoms with Crippen LogP contribution in [0.1, 0.15) is 51.9 Å². The van der Waals surface area contributed by atoms with E-state index in [1.165, 1.54) is 45.1 Å². The molecule has 0 radical (unpaired) electrons. The highest BCUT2D eigenvalue weighted by Crippen LogP contribution is 2.17. The van der Waals surface area contributed by atoms with E-state index in [9.17, 15) is 0 Å². The average molecular weight is 356 g/mol. The molecule has 0 aliphatic carbocycles. The molecule has 0 heterocycles. The second-order valence-corrected chi connectivity index (χ2v) is 9.64. The zero-order chi connectivity index (χ0) is 16.2. The van der Waals surface area contributed by atoms with Gasteiger partial charge in [0.05, 0.1) is 27.2 Å². The van der Waals surface area contributed by atoms with Gasteiger partial charge in [0.15, 0.2) is 0 Å². The first-order valence-electron chi connectivity index (χ1n) is 8.42. The molecule has 0 aliphatic rings. The predicted molar refractivity (Wildman–Crippen MR) is 91.4 cm³/mol. The van der Waals surface area contributed by atoms with Crippen molar-refractivity contribution in [2.45, 2.75) is 57.9 Å². The average Bonchev–Trinajstić information content (AvgIpc) is 2.48. The van der Waals surface area contributed by atoms with Crippen LogP contribution in [0.25, 0.3) is 0 Å². The minimum Gasteiger partial charge on any atom is -1.00 e. The van der Waals surface area contributed by atoms with Crippen molar-refractivity contribution in [1.82, 2.24) is 0 Å². The zero-order valence-electron chi connectivity index (χ0n) is 15.6. The van der Waals surface area contributed by atoms with Crippen molar-refractivity contribution >= 4 is 8.80 Å². The van der Waals surface area contributed by atoms with E-state index in [0.717, 1.165) is 23.5 Å². The fourth-order valence-corrected chi connectivity index (χ4v) is 4.42. The van der Waals surface area contributed by atoms with Gasteiger partial charge in [0.2, 0.25) is 0 Å². The number of nitrogens with zero attached hydrogens (tertiary/aromatic N) is 1. The van der Waals surface area contributed by atoms with Crippen LogP contribution in [0, 0.1) is 0 Å². The Morgan fingerprint density at radius 3 is 1.68 bits per heavy atom. The highest BCUT2D eigenvalue weighted by molar-refractivity contribution is 6.60. The molecule has 0 aliphatic heterocycles. The van der Waals surface area contributed by atoms with Gasteiger partial charge in [0, 0.05) is 33.8 Å². The quantitative estimate of drug-likeness (QED) is 0.261. The molecule has 0 aromatic carbocycles. The Morgan fingerprint density at radius 2 is 1.18 bits per heavy atom. The molecule has 0 aromatic rings. The molecule has 22 heavy (non-hydrogen) atoms. The molecule has 0 bridgehead atoms. The van der Waals surface area contributed by atoms with Crippen LogP contribution in [-0.2, 0) is 13.3 Å². The molecule has 0 atom stereocenters. The zero-order valence-corrected chi connectivity index (χ0v) is 17.4. The summed E-state index contributed by atoms with van der Waals surface area (Å²) in [4.78, 5) is 0. The number of halogens is 1. The van der Waals surface area contributed by atoms with Crippen molar-refractivity contribution in [3.63, 3.8) is 0 Å². The first kappa shape index (κ1) is 24.6. The van der Waals surface area contributed by atoms with Crippen molar-refractivity contribution < 1.29 is 30.2 Å². The van der Waals surface area contributed by atoms with Gasteiger partial charge >= 0.3 is 8.80 Å². The van der Waals surface area contributed by atoms with Gasteiger partial charge in [-0.2, -0.15) is 0 Å². The molecule has 0 fully saturated rings. The Kier molecular flexibility index (Phi) is 15.4. The van der Waals surface area contributed by atoms with Gasteiger partial charge in [-0.25, -0.2) is 0 Å². The molecule has 4 nitrogen and oxygen atoms in total. The standard InChI is InChI=1S/C16H38NO3Si.ClH/c1-7-8-9-10-11-12-14-17(2,3)15-13-16-21(18-4,19-5)20-6;/h7-16H2,1-6H3;1H/q+1;/p-1. The maximum atomic E-state index is 5.47. The molecular formula is C16H38ClNO3Si. The highest BCUT2D eigenvalue weighted by Gasteiger charge is 2.37. The fourth-order valence-electron chi connectivity index (χ4n) is 2.71. The Bertz CT molecular complexity index is 243. The molecular weight excluding hydrogens is 318 g/mol. The lowest BCUT2D eigenvalue weighted by Crippen LogP contribution is -3.00. The van der Waals surface area contributed by atoms with E-state index in [-0.39, 0.29) is 12.4 Å². The van der Waals surface area contributed by atoms with Crippen molar-refractivity contribution in [1.29, 1.82) is 0 Å². The summed E-state index contributed by atoms with van der Waals surface area (Å²) in [5, 5.41) is 0. The Labute approximate surface area is 145 Å². The largest absolute Gasteiger partial charge is 1.00 e. The van der Waals surface area contributed by atoms with E-state index in [1.807, 2.05) is 0 Å². The van der Waals surface area contributed by atoms with Gasteiger partial charge in [-0.15, -0.1) is 0 Å². The Balaban J connectivity index is 0. The fraction of sp³-hybridized carbons (Fsp3) is 1.00. The summed E-state index contributed by atoms with van der Waals surface area (Å²) in [6, 6.07) is 0.898. The molecule has 0 amide bonds. The molecule has 0 rings (SSSR count). The molecule has 0 aromatic heterocycles. The summed E-state index contributed by atoms with van der Waals surface area (Å²) in [5.74, 6) is 0. The van der Waals surface area contributed by atoms with Crippen LogP contribution in [-0.4, -0.2) is 61.8 Å². The van der Waals surface area contributed by atoms with Crippen LogP contribution < -0.4 is 12.4 Å². The normalized spacial score (nSPS) is 12.3. The smallest absolute Gasteiger partial charge is 0.500 e. The topological polar surface area (TPSA) is 27.7 Å². The van der Waals surface area contributed by atoms with Gasteiger partial charge in [0.1, 0.15) is 0 Å². The van der Waals surface area contributed by atoms with E-state index in [4.69, 9.17) is 13.3 Å². The predicted octanol–water partition coefficient (Wildman–Crippen LogP) is 0.696. The lowest BCUT2D eigenvalue weighted by atomic mass is 10.1. The van der Waals surface area contributed by atoms with E-state index in [2.05, 4.69) is 21.0 Å². The van der Waals surface area contributed by atoms with Crippen molar-refractivity contribution in [2.75, 3.05) is 48.5 Å². The summed E-state index contributed by atoms with van der Waals surface area (Å²) in [6.07, 6.45) is 9.29. The summed E-state index contributed by atoms with van der Waals surface area (Å²) in [5.41, 5.74) is 0. The van der Waals surface area contributed by atoms with Crippen molar-refractivity contribution in [3.8, 4) is 0 Å². The van der Waals surface area contributed by atoms with Crippen LogP contribution >= 0.6 is 0 Å². The van der Waals surface area contributed by atoms with Crippen LogP contribution in [0.5, 0.6) is 0 Å². The summed E-state index contributed by atoms with van der Waals surface area (Å²) in [6.45, 7) is 4.68. The van der Waals surface area contributed by atoms with E-state index in [1.54, 1.807) is 21.3 Å². The van der Waals surface area contributed by atoms with Gasteiger partial charge in [-0.3, -0.25) is 0 Å². The molecule has 0 saturated carbocycles. The van der Waals surface area contributed by atoms with Gasteiger partial charge in [-0.05, 0) is 12.8 Å². The van der Waals surface area contributed by atoms with Crippen molar-refractivity contribution in [2.24, 2.45) is 0 Å². The monoisotopic (exact) mass is 355 g/mol. The van der Waals surface area contributed by atoms with E-state index in [0.29, 0.717) is 0 Å². The van der Waals surface area contributed by atoms with Crippen LogP contribution in [0.3, 0.4) is 0 Å². The molecule has 0 spiro atoms. The second kappa shape index (κ2) is 13.8. The summed E-state index contributed by atoms with van der Waals surface area (Å²) < 4.78 is 17.5. The molecule has 136 valence electrons. The number of rotatable bonds is 14. The molecule has 0 saturated heterocycles. The lowest BCUT2D eigenvalue weighted by Gasteiger charge is -2.31. The number of hydrogen-bond donors (Lipinski definition) is 0. The van der Waals surface area contributed by atoms with Crippen LogP contribution in [0.2, 0.25) is 6.04 Å². The highest BCUT2D eigenvalue weighted by atomic mass is 35.5. The minimum absolute atomic E-state index is 0. The second-order valence-electron chi connectivity index (χ2n) is 6.55. The molecule has 6 heteroatoms. The van der Waals surface area contributed by atoms with Crippen LogP contribution in [0.15, 0.2) is 0 Å². The SMILES string of the molecule is CCCCCCCC[N+](C)(C)CCC[Si](OC)(OC)OC.[Cl-]. The maximum absolute atomic E-state index is 5.47. The Hall–Kier alpha value is 0.347. The third-order valence-corrected chi connectivity index (χ3v) is 7.13. The first-order chi connectivity index (χ1) is 9.95. The van der Waals surface area contributed by atoms with Crippen LogP contribution in [0.4, 0.5) is 0 Å². The Morgan fingerprint density at radius 1 is 0.727 bits per heavy atom. The maximum Gasteiger partial charge on any atom is 0.500 e. The summed E-state index contributed by atoms with van der Waals surface area (Å²) in [7, 11) is 7.33. The van der Waals surface area contributed by atoms with Crippen molar-refractivity contribution in [3.05, 3.63) is 0 Å². The minimum atomic E-state index is -2.38. The first-order valence-corrected chi connectivity index (χ1v) is 10.4. The number of unbranched alkanes of at least 4 members (excludes halogenated alkanes) is 5. The third-order valence-electron chi connectivity index (χ3n) is 4.30. The van der Waals surface area contributed by atoms with E-state index >= 15 is 0 Å². The van der Waals surface area contributed by atoms with Gasteiger partial charge in [0.25, 0.3) is 0 Å². The number of quaternary nitrogens is 1. The summed E-state index contributed by atoms with van der Waals surface area (Å²) >= 11 is 0. The molecule has 0 unspecified atom stereocenters. The van der Waals surface area contributed by atoms with Gasteiger partial charge < -0.3 is 30.2 Å². The van der Waals surface area contributed by atoms with Gasteiger partial charge in [-0.1, -0.05) is 32.6 Å². The number of hydrogen-bond acceptors (Lipinski definition) is 3. The third kappa shape index (κ3) is 11.0. The lowest BCUT2D eigenvalue weighted by molar-refractivity contribution is -0.890. The van der Waals surface area contributed by atoms with E-state index < -0.39 is 8.80 Å². The molecule has 0 N–H and O–H groups in total.